The molecule has 2 rings (SSSR count). The van der Waals surface area contributed by atoms with Crippen molar-refractivity contribution in [2.75, 3.05) is 6.54 Å². The minimum Gasteiger partial charge on any atom is -0.308 e. The number of aryl methyl sites for hydroxylation is 2. The van der Waals surface area contributed by atoms with Gasteiger partial charge in [-0.15, -0.1) is 0 Å². The Hall–Kier alpha value is -1.13. The molecule has 0 saturated heterocycles. The first kappa shape index (κ1) is 16.2. The molecule has 0 amide bonds. The van der Waals surface area contributed by atoms with E-state index < -0.39 is 0 Å². The van der Waals surface area contributed by atoms with Crippen LogP contribution in [0.25, 0.3) is 0 Å². The van der Waals surface area contributed by atoms with Gasteiger partial charge in [0.05, 0.1) is 17.4 Å². The van der Waals surface area contributed by atoms with Crippen LogP contribution in [0.3, 0.4) is 0 Å². The summed E-state index contributed by atoms with van der Waals surface area (Å²) in [5, 5.41) is 8.24. The van der Waals surface area contributed by atoms with Crippen molar-refractivity contribution in [1.29, 1.82) is 0 Å². The first-order chi connectivity index (χ1) is 10.1. The molecule has 0 radical (unpaired) electrons. The molecule has 3 nitrogen and oxygen atoms in total. The molecule has 0 bridgehead atoms. The van der Waals surface area contributed by atoms with Gasteiger partial charge in [-0.05, 0) is 49.6 Å². The van der Waals surface area contributed by atoms with Crippen molar-refractivity contribution < 1.29 is 0 Å². The zero-order valence-electron chi connectivity index (χ0n) is 13.1. The number of halogens is 1. The van der Waals surface area contributed by atoms with Gasteiger partial charge in [-0.1, -0.05) is 41.9 Å². The van der Waals surface area contributed by atoms with Crippen molar-refractivity contribution in [1.82, 2.24) is 15.1 Å². The maximum atomic E-state index is 4.58. The molecular formula is C17H24BrN3. The Morgan fingerprint density at radius 3 is 2.71 bits per heavy atom. The summed E-state index contributed by atoms with van der Waals surface area (Å²) >= 11 is 3.55. The molecule has 1 aromatic carbocycles. The van der Waals surface area contributed by atoms with Gasteiger partial charge in [0, 0.05) is 11.5 Å². The first-order valence-corrected chi connectivity index (χ1v) is 8.44. The van der Waals surface area contributed by atoms with Crippen molar-refractivity contribution >= 4 is 15.9 Å². The van der Waals surface area contributed by atoms with Gasteiger partial charge in [-0.2, -0.15) is 5.10 Å². The van der Waals surface area contributed by atoms with Crippen LogP contribution >= 0.6 is 15.9 Å². The van der Waals surface area contributed by atoms with E-state index in [4.69, 9.17) is 0 Å². The maximum Gasteiger partial charge on any atom is 0.0625 e. The first-order valence-electron chi connectivity index (χ1n) is 7.64. The molecule has 2 aromatic rings. The Balaban J connectivity index is 2.22. The van der Waals surface area contributed by atoms with E-state index in [9.17, 15) is 0 Å². The average Bonchev–Trinajstić information content (AvgIpc) is 2.85. The van der Waals surface area contributed by atoms with Crippen molar-refractivity contribution in [2.45, 2.75) is 39.2 Å². The highest BCUT2D eigenvalue weighted by Crippen LogP contribution is 2.21. The van der Waals surface area contributed by atoms with Crippen LogP contribution < -0.4 is 5.32 Å². The molecule has 0 saturated carbocycles. The molecule has 1 unspecified atom stereocenters. The van der Waals surface area contributed by atoms with E-state index in [-0.39, 0.29) is 0 Å². The van der Waals surface area contributed by atoms with Crippen molar-refractivity contribution in [3.05, 3.63) is 51.8 Å². The van der Waals surface area contributed by atoms with E-state index in [1.165, 1.54) is 11.3 Å². The smallest absolute Gasteiger partial charge is 0.0625 e. The fourth-order valence-corrected chi connectivity index (χ4v) is 2.99. The molecule has 114 valence electrons. The molecule has 1 aromatic heterocycles. The predicted octanol–water partition coefficient (Wildman–Crippen LogP) is 4.03. The lowest BCUT2D eigenvalue weighted by atomic mass is 10.0. The molecule has 1 heterocycles. The molecule has 1 atom stereocenters. The highest BCUT2D eigenvalue weighted by atomic mass is 79.9. The maximum absolute atomic E-state index is 4.58. The lowest BCUT2D eigenvalue weighted by Crippen LogP contribution is -2.26. The van der Waals surface area contributed by atoms with E-state index in [1.807, 2.05) is 11.7 Å². The normalized spacial score (nSPS) is 12.6. The summed E-state index contributed by atoms with van der Waals surface area (Å²) in [7, 11) is 2.04. The highest BCUT2D eigenvalue weighted by Gasteiger charge is 2.16. The van der Waals surface area contributed by atoms with Gasteiger partial charge in [0.25, 0.3) is 0 Å². The molecule has 0 aliphatic heterocycles. The third-order valence-electron chi connectivity index (χ3n) is 3.66. The van der Waals surface area contributed by atoms with E-state index in [0.717, 1.165) is 36.0 Å². The van der Waals surface area contributed by atoms with Crippen molar-refractivity contribution in [2.24, 2.45) is 7.05 Å². The minimum atomic E-state index is 0.303. The number of benzene rings is 1. The van der Waals surface area contributed by atoms with Gasteiger partial charge in [0.1, 0.15) is 0 Å². The molecular weight excluding hydrogens is 326 g/mol. The van der Waals surface area contributed by atoms with Gasteiger partial charge >= 0.3 is 0 Å². The largest absolute Gasteiger partial charge is 0.308 e. The van der Waals surface area contributed by atoms with Crippen LogP contribution in [0.1, 0.15) is 43.3 Å². The van der Waals surface area contributed by atoms with Crippen LogP contribution in [0.4, 0.5) is 0 Å². The number of hydrogen-bond acceptors (Lipinski definition) is 2. The third-order valence-corrected chi connectivity index (χ3v) is 4.15. The van der Waals surface area contributed by atoms with Crippen molar-refractivity contribution in [3.63, 3.8) is 0 Å². The SMILES string of the molecule is CCCNC(Cc1cccc(Br)c1)c1cc(CC)nn1C. The molecule has 0 fully saturated rings. The predicted molar refractivity (Wildman–Crippen MR) is 91.5 cm³/mol. The molecule has 0 spiro atoms. The van der Waals surface area contributed by atoms with Crippen LogP contribution in [-0.2, 0) is 19.9 Å². The van der Waals surface area contributed by atoms with Gasteiger partial charge in [0.15, 0.2) is 0 Å². The number of aromatic nitrogens is 2. The zero-order chi connectivity index (χ0) is 15.2. The summed E-state index contributed by atoms with van der Waals surface area (Å²) in [5.74, 6) is 0. The highest BCUT2D eigenvalue weighted by molar-refractivity contribution is 9.10. The Morgan fingerprint density at radius 2 is 2.10 bits per heavy atom. The summed E-state index contributed by atoms with van der Waals surface area (Å²) < 4.78 is 3.15. The number of rotatable bonds is 7. The van der Waals surface area contributed by atoms with Crippen LogP contribution in [0, 0.1) is 0 Å². The topological polar surface area (TPSA) is 29.9 Å². The van der Waals surface area contributed by atoms with Crippen LogP contribution in [0.15, 0.2) is 34.8 Å². The summed E-state index contributed by atoms with van der Waals surface area (Å²) in [4.78, 5) is 0. The monoisotopic (exact) mass is 349 g/mol. The summed E-state index contributed by atoms with van der Waals surface area (Å²) in [6, 6.07) is 11.1. The Kier molecular flexibility index (Phi) is 6.00. The van der Waals surface area contributed by atoms with Crippen LogP contribution in [0.2, 0.25) is 0 Å². The standard InChI is InChI=1S/C17H24BrN3/c1-4-9-19-16(11-13-7-6-8-14(18)10-13)17-12-15(5-2)20-21(17)3/h6-8,10,12,16,19H,4-5,9,11H2,1-3H3. The van der Waals surface area contributed by atoms with Gasteiger partial charge in [-0.25, -0.2) is 0 Å². The Labute approximate surface area is 135 Å². The van der Waals surface area contributed by atoms with E-state index >= 15 is 0 Å². The number of nitrogens with zero attached hydrogens (tertiary/aromatic N) is 2. The summed E-state index contributed by atoms with van der Waals surface area (Å²) in [6.07, 6.45) is 3.08. The zero-order valence-corrected chi connectivity index (χ0v) is 14.7. The molecule has 1 N–H and O–H groups in total. The minimum absolute atomic E-state index is 0.303. The van der Waals surface area contributed by atoms with E-state index in [2.05, 4.69) is 70.5 Å². The second-order valence-electron chi connectivity index (χ2n) is 5.38. The lowest BCUT2D eigenvalue weighted by Gasteiger charge is -2.19. The second-order valence-corrected chi connectivity index (χ2v) is 6.29. The molecule has 0 aliphatic rings. The Bertz CT molecular complexity index is 577. The number of hydrogen-bond donors (Lipinski definition) is 1. The van der Waals surface area contributed by atoms with Gasteiger partial charge in [0.2, 0.25) is 0 Å². The van der Waals surface area contributed by atoms with Gasteiger partial charge < -0.3 is 5.32 Å². The quantitative estimate of drug-likeness (QED) is 0.817. The second kappa shape index (κ2) is 7.76. The molecule has 21 heavy (non-hydrogen) atoms. The fraction of sp³-hybridized carbons (Fsp3) is 0.471. The lowest BCUT2D eigenvalue weighted by molar-refractivity contribution is 0.493. The summed E-state index contributed by atoms with van der Waals surface area (Å²) in [5.41, 5.74) is 3.75. The average molecular weight is 350 g/mol. The third kappa shape index (κ3) is 4.42. The fourth-order valence-electron chi connectivity index (χ4n) is 2.54. The van der Waals surface area contributed by atoms with Gasteiger partial charge in [-0.3, -0.25) is 4.68 Å². The van der Waals surface area contributed by atoms with E-state index in [0.29, 0.717) is 6.04 Å². The molecule has 0 aliphatic carbocycles. The van der Waals surface area contributed by atoms with E-state index in [1.54, 1.807) is 0 Å². The number of nitrogens with one attached hydrogen (secondary N) is 1. The molecule has 4 heteroatoms. The van der Waals surface area contributed by atoms with Crippen LogP contribution in [0.5, 0.6) is 0 Å². The van der Waals surface area contributed by atoms with Crippen LogP contribution in [-0.4, -0.2) is 16.3 Å². The summed E-state index contributed by atoms with van der Waals surface area (Å²) in [6.45, 7) is 5.37. The van der Waals surface area contributed by atoms with Crippen molar-refractivity contribution in [3.8, 4) is 0 Å². The Morgan fingerprint density at radius 1 is 1.29 bits per heavy atom.